The van der Waals surface area contributed by atoms with Crippen molar-refractivity contribution in [3.63, 3.8) is 0 Å². The molecule has 0 bridgehead atoms. The molecule has 3 aromatic rings. The monoisotopic (exact) mass is 294 g/mol. The molecule has 0 unspecified atom stereocenters. The van der Waals surface area contributed by atoms with Crippen LogP contribution in [0.2, 0.25) is 5.02 Å². The van der Waals surface area contributed by atoms with Gasteiger partial charge < -0.3 is 4.74 Å². The molecule has 0 aliphatic rings. The molecule has 4 heteroatoms. The predicted octanol–water partition coefficient (Wildman–Crippen LogP) is 4.34. The van der Waals surface area contributed by atoms with Crippen LogP contribution >= 0.6 is 11.6 Å². The van der Waals surface area contributed by atoms with Crippen LogP contribution in [0.5, 0.6) is 5.75 Å². The normalized spacial score (nSPS) is 10.3. The summed E-state index contributed by atoms with van der Waals surface area (Å²) in [6.45, 7) is 0.334. The largest absolute Gasteiger partial charge is 0.487 e. The van der Waals surface area contributed by atoms with Crippen molar-refractivity contribution in [2.24, 2.45) is 0 Å². The highest BCUT2D eigenvalue weighted by atomic mass is 35.5. The van der Waals surface area contributed by atoms with Gasteiger partial charge >= 0.3 is 0 Å². The summed E-state index contributed by atoms with van der Waals surface area (Å²) in [4.78, 5) is 4.34. The molecule has 2 aromatic carbocycles. The molecule has 0 atom stereocenters. The fourth-order valence-corrected chi connectivity index (χ4v) is 2.32. The topological polar surface area (TPSA) is 45.9 Å². The van der Waals surface area contributed by atoms with E-state index in [0.29, 0.717) is 22.9 Å². The Morgan fingerprint density at radius 3 is 2.81 bits per heavy atom. The standard InChI is InChI=1S/C17H11ClN2O/c18-15-9-12(10-19)6-7-14(15)11-21-16-5-1-3-13-4-2-8-20-17(13)16/h1-9H,11H2. The van der Waals surface area contributed by atoms with E-state index in [1.807, 2.05) is 30.3 Å². The zero-order chi connectivity index (χ0) is 14.7. The van der Waals surface area contributed by atoms with Gasteiger partial charge in [0.15, 0.2) is 0 Å². The van der Waals surface area contributed by atoms with Crippen molar-refractivity contribution in [1.82, 2.24) is 4.98 Å². The lowest BCUT2D eigenvalue weighted by Crippen LogP contribution is -1.98. The molecule has 0 amide bonds. The van der Waals surface area contributed by atoms with Gasteiger partial charge in [-0.1, -0.05) is 35.9 Å². The molecule has 1 aromatic heterocycles. The maximum atomic E-state index is 8.83. The van der Waals surface area contributed by atoms with Crippen molar-refractivity contribution in [3.05, 3.63) is 70.9 Å². The molecule has 102 valence electrons. The van der Waals surface area contributed by atoms with Crippen molar-refractivity contribution in [1.29, 1.82) is 5.26 Å². The number of rotatable bonds is 3. The number of halogens is 1. The van der Waals surface area contributed by atoms with E-state index in [1.165, 1.54) is 0 Å². The lowest BCUT2D eigenvalue weighted by molar-refractivity contribution is 0.309. The highest BCUT2D eigenvalue weighted by Gasteiger charge is 2.06. The molecule has 0 fully saturated rings. The second-order valence-electron chi connectivity index (χ2n) is 4.54. The average molecular weight is 295 g/mol. The summed E-state index contributed by atoms with van der Waals surface area (Å²) in [6.07, 6.45) is 1.74. The van der Waals surface area contributed by atoms with Gasteiger partial charge in [-0.3, -0.25) is 4.98 Å². The molecular weight excluding hydrogens is 284 g/mol. The van der Waals surface area contributed by atoms with Crippen LogP contribution in [0.4, 0.5) is 0 Å². The number of pyridine rings is 1. The quantitative estimate of drug-likeness (QED) is 0.722. The molecular formula is C17H11ClN2O. The summed E-state index contributed by atoms with van der Waals surface area (Å²) in [6, 6.07) is 16.9. The Labute approximate surface area is 127 Å². The number of nitrogens with zero attached hydrogens (tertiary/aromatic N) is 2. The Hall–Kier alpha value is -2.57. The average Bonchev–Trinajstić information content (AvgIpc) is 2.53. The Morgan fingerprint density at radius 1 is 1.14 bits per heavy atom. The minimum atomic E-state index is 0.334. The first-order valence-corrected chi connectivity index (χ1v) is 6.81. The fourth-order valence-electron chi connectivity index (χ4n) is 2.08. The smallest absolute Gasteiger partial charge is 0.146 e. The molecule has 0 saturated heterocycles. The lowest BCUT2D eigenvalue weighted by atomic mass is 10.1. The summed E-state index contributed by atoms with van der Waals surface area (Å²) in [5, 5.41) is 10.4. The second kappa shape index (κ2) is 5.82. The van der Waals surface area contributed by atoms with Crippen molar-refractivity contribution >= 4 is 22.5 Å². The SMILES string of the molecule is N#Cc1ccc(COc2cccc3cccnc23)c(Cl)c1. The van der Waals surface area contributed by atoms with Gasteiger partial charge in [-0.25, -0.2) is 0 Å². The van der Waals surface area contributed by atoms with Crippen molar-refractivity contribution in [3.8, 4) is 11.8 Å². The molecule has 0 aliphatic heterocycles. The van der Waals surface area contributed by atoms with Gasteiger partial charge in [0.05, 0.1) is 11.6 Å². The minimum absolute atomic E-state index is 0.334. The summed E-state index contributed by atoms with van der Waals surface area (Å²) in [5.74, 6) is 0.716. The Bertz CT molecular complexity index is 834. The number of ether oxygens (including phenoxy) is 1. The van der Waals surface area contributed by atoms with Crippen LogP contribution in [0, 0.1) is 11.3 Å². The predicted molar refractivity (Wildman–Crippen MR) is 82.2 cm³/mol. The molecule has 3 nitrogen and oxygen atoms in total. The number of hydrogen-bond acceptors (Lipinski definition) is 3. The van der Waals surface area contributed by atoms with E-state index in [4.69, 9.17) is 21.6 Å². The van der Waals surface area contributed by atoms with Gasteiger partial charge in [0.2, 0.25) is 0 Å². The Balaban J connectivity index is 1.86. The summed E-state index contributed by atoms with van der Waals surface area (Å²) in [7, 11) is 0. The highest BCUT2D eigenvalue weighted by Crippen LogP contribution is 2.25. The zero-order valence-corrected chi connectivity index (χ0v) is 11.8. The van der Waals surface area contributed by atoms with Crippen molar-refractivity contribution in [2.75, 3.05) is 0 Å². The van der Waals surface area contributed by atoms with E-state index in [2.05, 4.69) is 11.1 Å². The maximum absolute atomic E-state index is 8.83. The summed E-state index contributed by atoms with van der Waals surface area (Å²) < 4.78 is 5.83. The molecule has 1 heterocycles. The van der Waals surface area contributed by atoms with Gasteiger partial charge in [-0.2, -0.15) is 5.26 Å². The molecule has 0 radical (unpaired) electrons. The molecule has 3 rings (SSSR count). The Kier molecular flexibility index (Phi) is 3.72. The molecule has 21 heavy (non-hydrogen) atoms. The maximum Gasteiger partial charge on any atom is 0.146 e. The molecule has 0 saturated carbocycles. The lowest BCUT2D eigenvalue weighted by Gasteiger charge is -2.10. The molecule has 0 aliphatic carbocycles. The molecule has 0 N–H and O–H groups in total. The van der Waals surface area contributed by atoms with Crippen LogP contribution in [0.25, 0.3) is 10.9 Å². The number of para-hydroxylation sites is 1. The number of benzene rings is 2. The van der Waals surface area contributed by atoms with Gasteiger partial charge in [0, 0.05) is 22.2 Å². The van der Waals surface area contributed by atoms with Crippen LogP contribution in [0.1, 0.15) is 11.1 Å². The highest BCUT2D eigenvalue weighted by molar-refractivity contribution is 6.31. The first-order valence-electron chi connectivity index (χ1n) is 6.43. The van der Waals surface area contributed by atoms with Crippen LogP contribution in [0.3, 0.4) is 0 Å². The fraction of sp³-hybridized carbons (Fsp3) is 0.0588. The summed E-state index contributed by atoms with van der Waals surface area (Å²) in [5.41, 5.74) is 2.20. The third kappa shape index (κ3) is 2.81. The van der Waals surface area contributed by atoms with Gasteiger partial charge in [0.1, 0.15) is 17.9 Å². The van der Waals surface area contributed by atoms with E-state index >= 15 is 0 Å². The van der Waals surface area contributed by atoms with E-state index < -0.39 is 0 Å². The summed E-state index contributed by atoms with van der Waals surface area (Å²) >= 11 is 6.15. The van der Waals surface area contributed by atoms with E-state index in [-0.39, 0.29) is 0 Å². The number of aromatic nitrogens is 1. The van der Waals surface area contributed by atoms with Crippen LogP contribution in [-0.2, 0) is 6.61 Å². The van der Waals surface area contributed by atoms with Crippen molar-refractivity contribution in [2.45, 2.75) is 6.61 Å². The van der Waals surface area contributed by atoms with E-state index in [0.717, 1.165) is 16.5 Å². The van der Waals surface area contributed by atoms with Gasteiger partial charge in [-0.05, 0) is 24.3 Å². The first-order chi connectivity index (χ1) is 10.3. The van der Waals surface area contributed by atoms with E-state index in [9.17, 15) is 0 Å². The minimum Gasteiger partial charge on any atom is -0.487 e. The number of nitriles is 1. The third-order valence-corrected chi connectivity index (χ3v) is 3.51. The van der Waals surface area contributed by atoms with Crippen LogP contribution < -0.4 is 4.74 Å². The third-order valence-electron chi connectivity index (χ3n) is 3.16. The van der Waals surface area contributed by atoms with Crippen LogP contribution in [-0.4, -0.2) is 4.98 Å². The van der Waals surface area contributed by atoms with Crippen LogP contribution in [0.15, 0.2) is 54.7 Å². The van der Waals surface area contributed by atoms with Gasteiger partial charge in [-0.15, -0.1) is 0 Å². The second-order valence-corrected chi connectivity index (χ2v) is 4.95. The number of hydrogen-bond donors (Lipinski definition) is 0. The molecule has 0 spiro atoms. The van der Waals surface area contributed by atoms with E-state index in [1.54, 1.807) is 24.4 Å². The first kappa shape index (κ1) is 13.4. The Morgan fingerprint density at radius 2 is 2.00 bits per heavy atom. The van der Waals surface area contributed by atoms with Crippen molar-refractivity contribution < 1.29 is 4.74 Å². The van der Waals surface area contributed by atoms with Gasteiger partial charge in [0.25, 0.3) is 0 Å². The number of fused-ring (bicyclic) bond motifs is 1. The zero-order valence-electron chi connectivity index (χ0n) is 11.1.